The minimum atomic E-state index is -0.442. The summed E-state index contributed by atoms with van der Waals surface area (Å²) in [6.07, 6.45) is 0.723. The molecule has 0 saturated heterocycles. The van der Waals surface area contributed by atoms with Crippen LogP contribution >= 0.6 is 11.6 Å². The van der Waals surface area contributed by atoms with Crippen molar-refractivity contribution >= 4 is 11.6 Å². The van der Waals surface area contributed by atoms with Gasteiger partial charge in [-0.3, -0.25) is 4.68 Å². The van der Waals surface area contributed by atoms with Crippen molar-refractivity contribution in [1.29, 1.82) is 0 Å². The average Bonchev–Trinajstić information content (AvgIpc) is 2.56. The van der Waals surface area contributed by atoms with Gasteiger partial charge in [0.15, 0.2) is 0 Å². The van der Waals surface area contributed by atoms with Crippen molar-refractivity contribution in [3.8, 4) is 0 Å². The summed E-state index contributed by atoms with van der Waals surface area (Å²) in [4.78, 5) is 0. The minimum Gasteiger partial charge on any atom is -0.392 e. The van der Waals surface area contributed by atoms with Crippen molar-refractivity contribution in [3.05, 3.63) is 51.8 Å². The summed E-state index contributed by atoms with van der Waals surface area (Å²) in [5, 5.41) is 15.1. The Morgan fingerprint density at radius 2 is 2.05 bits per heavy atom. The Labute approximate surface area is 118 Å². The van der Waals surface area contributed by atoms with Gasteiger partial charge in [-0.15, -0.1) is 0 Å². The summed E-state index contributed by atoms with van der Waals surface area (Å²) in [6, 6.07) is 8.20. The average molecular weight is 279 g/mol. The number of aliphatic hydroxyl groups excluding tert-OH is 1. The van der Waals surface area contributed by atoms with Gasteiger partial charge in [0.05, 0.1) is 11.8 Å². The first-order valence-electron chi connectivity index (χ1n) is 6.39. The fraction of sp³-hybridized carbons (Fsp3) is 0.400. The monoisotopic (exact) mass is 278 g/mol. The Hall–Kier alpha value is -1.32. The SMILES string of the molecule is Cc1cccc(CC(O)Cc2c(C)nn(C)c2Cl)c1. The highest BCUT2D eigenvalue weighted by atomic mass is 35.5. The first-order chi connectivity index (χ1) is 8.97. The molecule has 2 aromatic rings. The standard InChI is InChI=1S/C15H19ClN2O/c1-10-5-4-6-12(7-10)8-13(19)9-14-11(2)17-18(3)15(14)16/h4-7,13,19H,8-9H2,1-3H3. The Bertz CT molecular complexity index is 578. The van der Waals surface area contributed by atoms with Gasteiger partial charge < -0.3 is 5.11 Å². The van der Waals surface area contributed by atoms with Gasteiger partial charge in [-0.2, -0.15) is 5.10 Å². The van der Waals surface area contributed by atoms with Crippen LogP contribution in [-0.4, -0.2) is 21.0 Å². The molecule has 2 rings (SSSR count). The number of aliphatic hydroxyl groups is 1. The molecule has 0 bridgehead atoms. The van der Waals surface area contributed by atoms with Crippen LogP contribution < -0.4 is 0 Å². The molecule has 0 spiro atoms. The Balaban J connectivity index is 2.07. The molecule has 0 aliphatic rings. The third-order valence-corrected chi connectivity index (χ3v) is 3.74. The van der Waals surface area contributed by atoms with Crippen LogP contribution in [0.1, 0.15) is 22.4 Å². The van der Waals surface area contributed by atoms with E-state index in [9.17, 15) is 5.11 Å². The highest BCUT2D eigenvalue weighted by Gasteiger charge is 2.15. The van der Waals surface area contributed by atoms with Crippen LogP contribution in [-0.2, 0) is 19.9 Å². The van der Waals surface area contributed by atoms with Crippen LogP contribution in [0.4, 0.5) is 0 Å². The van der Waals surface area contributed by atoms with E-state index >= 15 is 0 Å². The highest BCUT2D eigenvalue weighted by molar-refractivity contribution is 6.30. The van der Waals surface area contributed by atoms with E-state index in [1.54, 1.807) is 4.68 Å². The Kier molecular flexibility index (Phi) is 4.27. The van der Waals surface area contributed by atoms with E-state index in [2.05, 4.69) is 24.2 Å². The van der Waals surface area contributed by atoms with E-state index in [1.165, 1.54) is 5.56 Å². The Morgan fingerprint density at radius 3 is 2.63 bits per heavy atom. The summed E-state index contributed by atoms with van der Waals surface area (Å²) < 4.78 is 1.64. The van der Waals surface area contributed by atoms with Crippen molar-refractivity contribution in [3.63, 3.8) is 0 Å². The second kappa shape index (κ2) is 5.76. The lowest BCUT2D eigenvalue weighted by Gasteiger charge is -2.11. The number of hydrogen-bond acceptors (Lipinski definition) is 2. The molecule has 0 aliphatic heterocycles. The lowest BCUT2D eigenvalue weighted by Crippen LogP contribution is -2.14. The predicted molar refractivity (Wildman–Crippen MR) is 77.5 cm³/mol. The fourth-order valence-electron chi connectivity index (χ4n) is 2.32. The second-order valence-corrected chi connectivity index (χ2v) is 5.39. The molecule has 0 fully saturated rings. The molecule has 1 aromatic heterocycles. The van der Waals surface area contributed by atoms with Gasteiger partial charge in [-0.05, 0) is 25.8 Å². The number of aromatic nitrogens is 2. The zero-order valence-corrected chi connectivity index (χ0v) is 12.3. The molecule has 0 radical (unpaired) electrons. The van der Waals surface area contributed by atoms with Crippen molar-refractivity contribution in [2.24, 2.45) is 7.05 Å². The largest absolute Gasteiger partial charge is 0.392 e. The highest BCUT2D eigenvalue weighted by Crippen LogP contribution is 2.21. The molecule has 0 saturated carbocycles. The molecule has 1 atom stereocenters. The Morgan fingerprint density at radius 1 is 1.32 bits per heavy atom. The molecule has 102 valence electrons. The number of nitrogens with zero attached hydrogens (tertiary/aromatic N) is 2. The van der Waals surface area contributed by atoms with Crippen LogP contribution in [0.3, 0.4) is 0 Å². The van der Waals surface area contributed by atoms with Crippen LogP contribution in [0.2, 0.25) is 5.15 Å². The maximum absolute atomic E-state index is 10.2. The molecule has 1 N–H and O–H groups in total. The topological polar surface area (TPSA) is 38.1 Å². The number of aryl methyl sites for hydroxylation is 3. The molecule has 0 amide bonds. The van der Waals surface area contributed by atoms with Crippen LogP contribution in [0.25, 0.3) is 0 Å². The molecule has 0 aliphatic carbocycles. The van der Waals surface area contributed by atoms with Gasteiger partial charge in [0.2, 0.25) is 0 Å². The normalized spacial score (nSPS) is 12.7. The summed E-state index contributed by atoms with van der Waals surface area (Å²) in [7, 11) is 1.81. The first-order valence-corrected chi connectivity index (χ1v) is 6.76. The van der Waals surface area contributed by atoms with Crippen molar-refractivity contribution in [1.82, 2.24) is 9.78 Å². The number of hydrogen-bond donors (Lipinski definition) is 1. The lowest BCUT2D eigenvalue weighted by atomic mass is 10.0. The number of rotatable bonds is 4. The van der Waals surface area contributed by atoms with Crippen molar-refractivity contribution in [2.75, 3.05) is 0 Å². The molecule has 1 aromatic carbocycles. The molecule has 1 unspecified atom stereocenters. The maximum Gasteiger partial charge on any atom is 0.130 e. The zero-order chi connectivity index (χ0) is 14.0. The van der Waals surface area contributed by atoms with Gasteiger partial charge in [-0.25, -0.2) is 0 Å². The summed E-state index contributed by atoms with van der Waals surface area (Å²) in [5.41, 5.74) is 4.17. The molecule has 19 heavy (non-hydrogen) atoms. The van der Waals surface area contributed by atoms with Gasteiger partial charge in [-0.1, -0.05) is 41.4 Å². The van der Waals surface area contributed by atoms with Gasteiger partial charge >= 0.3 is 0 Å². The first kappa shape index (κ1) is 14.1. The van der Waals surface area contributed by atoms with Crippen LogP contribution in [0.15, 0.2) is 24.3 Å². The van der Waals surface area contributed by atoms with Crippen LogP contribution in [0, 0.1) is 13.8 Å². The third-order valence-electron chi connectivity index (χ3n) is 3.26. The van der Waals surface area contributed by atoms with E-state index < -0.39 is 6.10 Å². The quantitative estimate of drug-likeness (QED) is 0.934. The molecule has 1 heterocycles. The summed E-state index contributed by atoms with van der Waals surface area (Å²) in [6.45, 7) is 3.97. The third kappa shape index (κ3) is 3.37. The number of halogens is 1. The van der Waals surface area contributed by atoms with E-state index in [0.29, 0.717) is 18.0 Å². The van der Waals surface area contributed by atoms with Crippen molar-refractivity contribution in [2.45, 2.75) is 32.8 Å². The van der Waals surface area contributed by atoms with Gasteiger partial charge in [0.1, 0.15) is 5.15 Å². The van der Waals surface area contributed by atoms with E-state index in [-0.39, 0.29) is 0 Å². The van der Waals surface area contributed by atoms with Crippen LogP contribution in [0.5, 0.6) is 0 Å². The molecular weight excluding hydrogens is 260 g/mol. The minimum absolute atomic E-state index is 0.442. The predicted octanol–water partition coefficient (Wildman–Crippen LogP) is 2.84. The fourth-order valence-corrected chi connectivity index (χ4v) is 2.58. The van der Waals surface area contributed by atoms with E-state index in [1.807, 2.05) is 26.1 Å². The second-order valence-electron chi connectivity index (χ2n) is 5.03. The smallest absolute Gasteiger partial charge is 0.130 e. The van der Waals surface area contributed by atoms with Gasteiger partial charge in [0, 0.05) is 19.0 Å². The van der Waals surface area contributed by atoms with E-state index in [0.717, 1.165) is 16.8 Å². The molecule has 3 nitrogen and oxygen atoms in total. The summed E-state index contributed by atoms with van der Waals surface area (Å²) in [5.74, 6) is 0. The van der Waals surface area contributed by atoms with Gasteiger partial charge in [0.25, 0.3) is 0 Å². The molecular formula is C15H19ClN2O. The lowest BCUT2D eigenvalue weighted by molar-refractivity contribution is 0.175. The maximum atomic E-state index is 10.2. The summed E-state index contributed by atoms with van der Waals surface area (Å²) >= 11 is 6.18. The zero-order valence-electron chi connectivity index (χ0n) is 11.5. The van der Waals surface area contributed by atoms with Crippen molar-refractivity contribution < 1.29 is 5.11 Å². The number of benzene rings is 1. The van der Waals surface area contributed by atoms with E-state index in [4.69, 9.17) is 11.6 Å². The molecule has 4 heteroatoms.